The molecule has 0 fully saturated rings. The van der Waals surface area contributed by atoms with E-state index in [1.165, 1.54) is 0 Å². The Balaban J connectivity index is 2.67. The number of amides is 1. The summed E-state index contributed by atoms with van der Waals surface area (Å²) in [7, 11) is 0. The van der Waals surface area contributed by atoms with Gasteiger partial charge in [-0.15, -0.1) is 0 Å². The molecule has 0 aliphatic rings. The molecule has 0 aliphatic heterocycles. The molecule has 0 saturated carbocycles. The van der Waals surface area contributed by atoms with Gasteiger partial charge >= 0.3 is 5.97 Å². The number of aliphatic carboxylic acids is 1. The predicted molar refractivity (Wildman–Crippen MR) is 83.1 cm³/mol. The molecule has 0 aliphatic carbocycles. The van der Waals surface area contributed by atoms with Crippen LogP contribution in [0.2, 0.25) is 0 Å². The number of rotatable bonds is 9. The summed E-state index contributed by atoms with van der Waals surface area (Å²) in [4.78, 5) is 25.0. The summed E-state index contributed by atoms with van der Waals surface area (Å²) in [5, 5.41) is 8.84. The molecule has 0 atom stereocenters. The predicted octanol–water partition coefficient (Wildman–Crippen LogP) is 2.97. The molecular weight excluding hydrogens is 266 g/mol. The average molecular weight is 291 g/mol. The smallest absolute Gasteiger partial charge is 0.305 e. The van der Waals surface area contributed by atoms with Crippen LogP contribution in [0, 0.1) is 5.92 Å². The molecule has 1 amide bonds. The molecule has 21 heavy (non-hydrogen) atoms. The monoisotopic (exact) mass is 291 g/mol. The third-order valence-corrected chi connectivity index (χ3v) is 3.76. The highest BCUT2D eigenvalue weighted by Crippen LogP contribution is 2.13. The first-order chi connectivity index (χ1) is 10.1. The normalized spacial score (nSPS) is 10.6. The van der Waals surface area contributed by atoms with Crippen LogP contribution in [0.25, 0.3) is 0 Å². The molecule has 1 aromatic carbocycles. The Bertz CT molecular complexity index is 441. The van der Waals surface area contributed by atoms with Gasteiger partial charge in [0.1, 0.15) is 0 Å². The topological polar surface area (TPSA) is 57.6 Å². The number of carboxylic acids is 1. The van der Waals surface area contributed by atoms with E-state index in [2.05, 4.69) is 0 Å². The number of carboxylic acid groups (broad SMARTS) is 1. The molecule has 0 bridgehead atoms. The summed E-state index contributed by atoms with van der Waals surface area (Å²) in [6, 6.07) is 9.95. The van der Waals surface area contributed by atoms with E-state index in [0.717, 1.165) is 24.8 Å². The van der Waals surface area contributed by atoms with Crippen LogP contribution in [0.4, 0.5) is 0 Å². The van der Waals surface area contributed by atoms with E-state index in [1.807, 2.05) is 44.2 Å². The maximum absolute atomic E-state index is 12.5. The second-order valence-corrected chi connectivity index (χ2v) is 5.22. The summed E-state index contributed by atoms with van der Waals surface area (Å²) in [5.74, 6) is -0.788. The molecule has 0 radical (unpaired) electrons. The molecule has 1 rings (SSSR count). The summed E-state index contributed by atoms with van der Waals surface area (Å²) >= 11 is 0. The second kappa shape index (κ2) is 9.16. The quantitative estimate of drug-likeness (QED) is 0.761. The van der Waals surface area contributed by atoms with Crippen LogP contribution in [-0.2, 0) is 16.0 Å². The van der Waals surface area contributed by atoms with Crippen molar-refractivity contribution in [3.63, 3.8) is 0 Å². The molecular formula is C17H25NO3. The van der Waals surface area contributed by atoms with Gasteiger partial charge in [0.05, 0.1) is 6.42 Å². The van der Waals surface area contributed by atoms with Crippen LogP contribution in [0.3, 0.4) is 0 Å². The lowest BCUT2D eigenvalue weighted by Gasteiger charge is -2.26. The van der Waals surface area contributed by atoms with Crippen molar-refractivity contribution in [1.29, 1.82) is 0 Å². The van der Waals surface area contributed by atoms with Crippen molar-refractivity contribution >= 4 is 11.9 Å². The minimum atomic E-state index is -0.864. The van der Waals surface area contributed by atoms with Gasteiger partial charge in [-0.1, -0.05) is 44.2 Å². The molecule has 116 valence electrons. The van der Waals surface area contributed by atoms with Crippen molar-refractivity contribution in [3.05, 3.63) is 35.9 Å². The van der Waals surface area contributed by atoms with Crippen LogP contribution in [0.1, 0.15) is 38.7 Å². The summed E-state index contributed by atoms with van der Waals surface area (Å²) in [6.45, 7) is 4.86. The van der Waals surface area contributed by atoms with Crippen molar-refractivity contribution in [2.45, 2.75) is 39.5 Å². The fourth-order valence-corrected chi connectivity index (χ4v) is 2.37. The molecule has 0 aromatic heterocycles. The standard InChI is InChI=1S/C17H25NO3/c1-3-15(4-2)17(21)18(13-11-16(19)20)12-10-14-8-6-5-7-9-14/h5-9,15H,3-4,10-13H2,1-2H3,(H,19,20). The van der Waals surface area contributed by atoms with Gasteiger partial charge < -0.3 is 10.0 Å². The van der Waals surface area contributed by atoms with Crippen LogP contribution in [0.15, 0.2) is 30.3 Å². The zero-order valence-electron chi connectivity index (χ0n) is 12.9. The highest BCUT2D eigenvalue weighted by molar-refractivity contribution is 5.79. The Morgan fingerprint density at radius 2 is 1.71 bits per heavy atom. The van der Waals surface area contributed by atoms with E-state index in [1.54, 1.807) is 4.90 Å². The minimum absolute atomic E-state index is 0.000673. The van der Waals surface area contributed by atoms with E-state index in [9.17, 15) is 9.59 Å². The Hall–Kier alpha value is -1.84. The van der Waals surface area contributed by atoms with Gasteiger partial charge in [-0.3, -0.25) is 9.59 Å². The Morgan fingerprint density at radius 3 is 2.24 bits per heavy atom. The Labute approximate surface area is 126 Å². The number of hydrogen-bond acceptors (Lipinski definition) is 2. The van der Waals surface area contributed by atoms with Gasteiger partial charge in [0.25, 0.3) is 0 Å². The van der Waals surface area contributed by atoms with Gasteiger partial charge in [-0.25, -0.2) is 0 Å². The molecule has 4 heteroatoms. The van der Waals surface area contributed by atoms with Crippen LogP contribution in [-0.4, -0.2) is 35.0 Å². The largest absolute Gasteiger partial charge is 0.481 e. The van der Waals surface area contributed by atoms with Crippen molar-refractivity contribution < 1.29 is 14.7 Å². The third-order valence-electron chi connectivity index (χ3n) is 3.76. The first-order valence-electron chi connectivity index (χ1n) is 7.63. The minimum Gasteiger partial charge on any atom is -0.481 e. The number of hydrogen-bond donors (Lipinski definition) is 1. The lowest BCUT2D eigenvalue weighted by Crippen LogP contribution is -2.38. The van der Waals surface area contributed by atoms with E-state index in [-0.39, 0.29) is 24.8 Å². The molecule has 4 nitrogen and oxygen atoms in total. The van der Waals surface area contributed by atoms with Crippen LogP contribution >= 0.6 is 0 Å². The average Bonchev–Trinajstić information content (AvgIpc) is 2.49. The molecule has 1 N–H and O–H groups in total. The third kappa shape index (κ3) is 5.98. The van der Waals surface area contributed by atoms with Crippen LogP contribution in [0.5, 0.6) is 0 Å². The number of carbonyl (C=O) groups is 2. The molecule has 0 unspecified atom stereocenters. The van der Waals surface area contributed by atoms with Gasteiger partial charge in [-0.05, 0) is 24.8 Å². The fraction of sp³-hybridized carbons (Fsp3) is 0.529. The molecule has 0 heterocycles. The summed E-state index contributed by atoms with van der Waals surface area (Å²) < 4.78 is 0. The van der Waals surface area contributed by atoms with Crippen molar-refractivity contribution in [3.8, 4) is 0 Å². The molecule has 0 spiro atoms. The van der Waals surface area contributed by atoms with E-state index in [0.29, 0.717) is 6.54 Å². The Morgan fingerprint density at radius 1 is 1.10 bits per heavy atom. The van der Waals surface area contributed by atoms with Crippen molar-refractivity contribution in [2.24, 2.45) is 5.92 Å². The van der Waals surface area contributed by atoms with Crippen molar-refractivity contribution in [1.82, 2.24) is 4.90 Å². The van der Waals surface area contributed by atoms with Gasteiger partial charge in [0, 0.05) is 19.0 Å². The zero-order valence-corrected chi connectivity index (χ0v) is 12.9. The highest BCUT2D eigenvalue weighted by atomic mass is 16.4. The van der Waals surface area contributed by atoms with E-state index < -0.39 is 5.97 Å². The summed E-state index contributed by atoms with van der Waals surface area (Å²) in [5.41, 5.74) is 1.16. The number of carbonyl (C=O) groups excluding carboxylic acids is 1. The van der Waals surface area contributed by atoms with Gasteiger partial charge in [-0.2, -0.15) is 0 Å². The van der Waals surface area contributed by atoms with Gasteiger partial charge in [0.15, 0.2) is 0 Å². The molecule has 0 saturated heterocycles. The lowest BCUT2D eigenvalue weighted by molar-refractivity contribution is -0.139. The van der Waals surface area contributed by atoms with E-state index in [4.69, 9.17) is 5.11 Å². The maximum Gasteiger partial charge on any atom is 0.305 e. The van der Waals surface area contributed by atoms with Crippen LogP contribution < -0.4 is 0 Å². The zero-order chi connectivity index (χ0) is 15.7. The Kier molecular flexibility index (Phi) is 7.51. The second-order valence-electron chi connectivity index (χ2n) is 5.22. The lowest BCUT2D eigenvalue weighted by atomic mass is 10.0. The first kappa shape index (κ1) is 17.2. The summed E-state index contributed by atoms with van der Waals surface area (Å²) in [6.07, 6.45) is 2.35. The van der Waals surface area contributed by atoms with E-state index >= 15 is 0 Å². The first-order valence-corrected chi connectivity index (χ1v) is 7.63. The highest BCUT2D eigenvalue weighted by Gasteiger charge is 2.21. The number of nitrogens with zero attached hydrogens (tertiary/aromatic N) is 1. The fourth-order valence-electron chi connectivity index (χ4n) is 2.37. The maximum atomic E-state index is 12.5. The molecule has 1 aromatic rings. The SMILES string of the molecule is CCC(CC)C(=O)N(CCC(=O)O)CCc1ccccc1. The number of benzene rings is 1. The van der Waals surface area contributed by atoms with Crippen molar-refractivity contribution in [2.75, 3.05) is 13.1 Å². The van der Waals surface area contributed by atoms with Gasteiger partial charge in [0.2, 0.25) is 5.91 Å².